The average Bonchev–Trinajstić information content (AvgIpc) is 2.82. The van der Waals surface area contributed by atoms with Crippen LogP contribution in [-0.4, -0.2) is 10.7 Å². The predicted octanol–water partition coefficient (Wildman–Crippen LogP) is 4.69. The lowest BCUT2D eigenvalue weighted by molar-refractivity contribution is 1.17. The van der Waals surface area contributed by atoms with Gasteiger partial charge in [-0.1, -0.05) is 66.3 Å². The molecule has 1 aliphatic rings. The van der Waals surface area contributed by atoms with Crippen LogP contribution in [0, 0.1) is 6.92 Å². The fourth-order valence-corrected chi connectivity index (χ4v) is 2.82. The highest BCUT2D eigenvalue weighted by Crippen LogP contribution is 2.24. The van der Waals surface area contributed by atoms with Gasteiger partial charge in [-0.15, -0.1) is 0 Å². The molecule has 2 aromatic rings. The first-order valence-corrected chi connectivity index (χ1v) is 7.77. The van der Waals surface area contributed by atoms with E-state index in [1.807, 2.05) is 42.3 Å². The second-order valence-electron chi connectivity index (χ2n) is 5.45. The zero-order chi connectivity index (χ0) is 15.5. The van der Waals surface area contributed by atoms with Gasteiger partial charge in [-0.05, 0) is 38.0 Å². The smallest absolute Gasteiger partial charge is 0.137 e. The molecular formula is C19H18N2S. The lowest BCUT2D eigenvalue weighted by Gasteiger charge is -2.13. The van der Waals surface area contributed by atoms with Gasteiger partial charge in [0.15, 0.2) is 0 Å². The number of thiocarbonyl (C=S) groups is 1. The van der Waals surface area contributed by atoms with Crippen molar-refractivity contribution in [2.24, 2.45) is 5.10 Å². The molecule has 0 radical (unpaired) electrons. The Hall–Kier alpha value is -2.26. The molecule has 3 heteroatoms. The minimum Gasteiger partial charge on any atom is -0.222 e. The minimum atomic E-state index is 0.774. The number of hydrazone groups is 1. The standard InChI is InChI=1S/C19H18N2S/c1-14-8-10-16(11-9-14)12-13-18-15(2)20-21(19(18)22)17-6-4-3-5-7-17/h3-11,13H,12H2,1-2H3/b18-13+. The highest BCUT2D eigenvalue weighted by atomic mass is 32.1. The van der Waals surface area contributed by atoms with Crippen LogP contribution in [0.2, 0.25) is 0 Å². The van der Waals surface area contributed by atoms with Crippen molar-refractivity contribution in [1.29, 1.82) is 0 Å². The van der Waals surface area contributed by atoms with Crippen LogP contribution in [-0.2, 0) is 6.42 Å². The molecule has 0 aromatic heterocycles. The first-order chi connectivity index (χ1) is 10.6. The van der Waals surface area contributed by atoms with E-state index in [0.29, 0.717) is 0 Å². The quantitative estimate of drug-likeness (QED) is 0.604. The number of hydrogen-bond donors (Lipinski definition) is 0. The van der Waals surface area contributed by atoms with Crippen LogP contribution in [0.15, 0.2) is 71.3 Å². The van der Waals surface area contributed by atoms with E-state index in [0.717, 1.165) is 28.4 Å². The SMILES string of the molecule is CC1=NN(c2ccccc2)C(=S)/C1=C/Cc1ccc(C)cc1. The number of nitrogens with zero attached hydrogens (tertiary/aromatic N) is 2. The molecule has 0 atom stereocenters. The molecule has 0 N–H and O–H groups in total. The van der Waals surface area contributed by atoms with Crippen molar-refractivity contribution in [1.82, 2.24) is 0 Å². The molecular weight excluding hydrogens is 288 g/mol. The molecule has 1 aliphatic heterocycles. The average molecular weight is 306 g/mol. The van der Waals surface area contributed by atoms with E-state index in [4.69, 9.17) is 12.2 Å². The third-order valence-corrected chi connectivity index (χ3v) is 4.12. The van der Waals surface area contributed by atoms with Gasteiger partial charge in [0.05, 0.1) is 11.4 Å². The lowest BCUT2D eigenvalue weighted by Crippen LogP contribution is -2.19. The van der Waals surface area contributed by atoms with Crippen LogP contribution in [0.4, 0.5) is 5.69 Å². The van der Waals surface area contributed by atoms with Crippen molar-refractivity contribution in [2.75, 3.05) is 5.01 Å². The second kappa shape index (κ2) is 6.24. The summed E-state index contributed by atoms with van der Waals surface area (Å²) in [7, 11) is 0. The van der Waals surface area contributed by atoms with Gasteiger partial charge in [0, 0.05) is 5.57 Å². The molecule has 0 saturated carbocycles. The maximum Gasteiger partial charge on any atom is 0.137 e. The third kappa shape index (κ3) is 3.00. The zero-order valence-electron chi connectivity index (χ0n) is 12.8. The normalized spacial score (nSPS) is 16.3. The van der Waals surface area contributed by atoms with Gasteiger partial charge >= 0.3 is 0 Å². The zero-order valence-corrected chi connectivity index (χ0v) is 13.6. The molecule has 0 saturated heterocycles. The van der Waals surface area contributed by atoms with Crippen molar-refractivity contribution >= 4 is 28.6 Å². The Balaban J connectivity index is 1.81. The topological polar surface area (TPSA) is 15.6 Å². The van der Waals surface area contributed by atoms with Crippen molar-refractivity contribution < 1.29 is 0 Å². The van der Waals surface area contributed by atoms with E-state index in [1.165, 1.54) is 11.1 Å². The van der Waals surface area contributed by atoms with Gasteiger partial charge < -0.3 is 0 Å². The second-order valence-corrected chi connectivity index (χ2v) is 5.83. The lowest BCUT2D eigenvalue weighted by atomic mass is 10.1. The number of allylic oxidation sites excluding steroid dienone is 1. The fraction of sp³-hybridized carbons (Fsp3) is 0.158. The largest absolute Gasteiger partial charge is 0.222 e. The Labute approximate surface area is 136 Å². The Kier molecular flexibility index (Phi) is 4.16. The van der Waals surface area contributed by atoms with Crippen LogP contribution < -0.4 is 5.01 Å². The molecule has 2 aromatic carbocycles. The van der Waals surface area contributed by atoms with E-state index < -0.39 is 0 Å². The van der Waals surface area contributed by atoms with Gasteiger partial charge in [-0.25, -0.2) is 5.01 Å². The number of aryl methyl sites for hydroxylation is 1. The Morgan fingerprint density at radius 3 is 2.36 bits per heavy atom. The first-order valence-electron chi connectivity index (χ1n) is 7.36. The molecule has 1 heterocycles. The summed E-state index contributed by atoms with van der Waals surface area (Å²) < 4.78 is 0. The van der Waals surface area contributed by atoms with E-state index in [1.54, 1.807) is 0 Å². The molecule has 2 nitrogen and oxygen atoms in total. The summed E-state index contributed by atoms with van der Waals surface area (Å²) in [4.78, 5) is 0.774. The Bertz CT molecular complexity index is 743. The number of anilines is 1. The van der Waals surface area contributed by atoms with Gasteiger partial charge in [0.1, 0.15) is 4.99 Å². The van der Waals surface area contributed by atoms with E-state index in [-0.39, 0.29) is 0 Å². The van der Waals surface area contributed by atoms with Crippen molar-refractivity contribution in [3.8, 4) is 0 Å². The van der Waals surface area contributed by atoms with Crippen molar-refractivity contribution in [2.45, 2.75) is 20.3 Å². The Morgan fingerprint density at radius 1 is 1.00 bits per heavy atom. The van der Waals surface area contributed by atoms with Gasteiger partial charge in [-0.2, -0.15) is 5.10 Å². The molecule has 0 aliphatic carbocycles. The van der Waals surface area contributed by atoms with Crippen molar-refractivity contribution in [3.63, 3.8) is 0 Å². The molecule has 22 heavy (non-hydrogen) atoms. The number of benzene rings is 2. The Morgan fingerprint density at radius 2 is 1.68 bits per heavy atom. The summed E-state index contributed by atoms with van der Waals surface area (Å²) in [6, 6.07) is 18.6. The number of para-hydroxylation sites is 1. The molecule has 3 rings (SSSR count). The van der Waals surface area contributed by atoms with E-state index in [9.17, 15) is 0 Å². The highest BCUT2D eigenvalue weighted by molar-refractivity contribution is 7.81. The van der Waals surface area contributed by atoms with Crippen molar-refractivity contribution in [3.05, 3.63) is 77.4 Å². The summed E-state index contributed by atoms with van der Waals surface area (Å²) in [6.45, 7) is 4.11. The maximum atomic E-state index is 5.60. The highest BCUT2D eigenvalue weighted by Gasteiger charge is 2.24. The van der Waals surface area contributed by atoms with Gasteiger partial charge in [-0.3, -0.25) is 0 Å². The van der Waals surface area contributed by atoms with Crippen LogP contribution in [0.25, 0.3) is 0 Å². The van der Waals surface area contributed by atoms with Crippen LogP contribution in [0.1, 0.15) is 18.1 Å². The van der Waals surface area contributed by atoms with Gasteiger partial charge in [0.25, 0.3) is 0 Å². The molecule has 0 bridgehead atoms. The number of hydrogen-bond acceptors (Lipinski definition) is 2. The summed E-state index contributed by atoms with van der Waals surface area (Å²) in [5, 5.41) is 6.43. The molecule has 0 fully saturated rings. The van der Waals surface area contributed by atoms with E-state index in [2.05, 4.69) is 42.4 Å². The molecule has 0 amide bonds. The molecule has 0 unspecified atom stereocenters. The van der Waals surface area contributed by atoms with E-state index >= 15 is 0 Å². The van der Waals surface area contributed by atoms with Crippen LogP contribution in [0.3, 0.4) is 0 Å². The van der Waals surface area contributed by atoms with Crippen LogP contribution in [0.5, 0.6) is 0 Å². The molecule has 0 spiro atoms. The summed E-state index contributed by atoms with van der Waals surface area (Å²) in [5.74, 6) is 0. The third-order valence-electron chi connectivity index (χ3n) is 3.73. The number of rotatable bonds is 3. The minimum absolute atomic E-state index is 0.774. The first kappa shape index (κ1) is 14.7. The van der Waals surface area contributed by atoms with Gasteiger partial charge in [0.2, 0.25) is 0 Å². The predicted molar refractivity (Wildman–Crippen MR) is 97.6 cm³/mol. The fourth-order valence-electron chi connectivity index (χ4n) is 2.44. The molecule has 110 valence electrons. The van der Waals surface area contributed by atoms with Crippen LogP contribution >= 0.6 is 12.2 Å². The maximum absolute atomic E-state index is 5.60. The monoisotopic (exact) mass is 306 g/mol. The summed E-state index contributed by atoms with van der Waals surface area (Å²) in [5.41, 5.74) is 5.60. The summed E-state index contributed by atoms with van der Waals surface area (Å²) >= 11 is 5.60. The summed E-state index contributed by atoms with van der Waals surface area (Å²) in [6.07, 6.45) is 3.04.